The Morgan fingerprint density at radius 1 is 1.00 bits per heavy atom. The van der Waals surface area contributed by atoms with Crippen molar-refractivity contribution < 1.29 is 9.90 Å². The fourth-order valence-corrected chi connectivity index (χ4v) is 2.04. The molecular weight excluding hydrogens is 260 g/mol. The second-order valence-corrected chi connectivity index (χ2v) is 6.09. The summed E-state index contributed by atoms with van der Waals surface area (Å²) in [5, 5.41) is 9.65. The molecule has 0 bridgehead atoms. The van der Waals surface area contributed by atoms with Gasteiger partial charge < -0.3 is 5.11 Å². The van der Waals surface area contributed by atoms with Gasteiger partial charge in [0.25, 0.3) is 0 Å². The molecule has 0 aliphatic rings. The van der Waals surface area contributed by atoms with E-state index in [1.165, 1.54) is 17.7 Å². The maximum atomic E-state index is 12.0. The average molecular weight is 280 g/mol. The van der Waals surface area contributed by atoms with Gasteiger partial charge in [0.1, 0.15) is 5.75 Å². The lowest BCUT2D eigenvalue weighted by Gasteiger charge is -2.18. The van der Waals surface area contributed by atoms with Crippen LogP contribution in [0.2, 0.25) is 0 Å². The Morgan fingerprint density at radius 3 is 2.19 bits per heavy atom. The third-order valence-electron chi connectivity index (χ3n) is 3.37. The maximum absolute atomic E-state index is 12.0. The molecule has 0 spiro atoms. The van der Waals surface area contributed by atoms with E-state index in [-0.39, 0.29) is 16.9 Å². The zero-order valence-corrected chi connectivity index (χ0v) is 12.6. The van der Waals surface area contributed by atoms with Crippen molar-refractivity contribution in [2.45, 2.75) is 26.2 Å². The first-order chi connectivity index (χ1) is 9.88. The van der Waals surface area contributed by atoms with Gasteiger partial charge in [-0.15, -0.1) is 0 Å². The second kappa shape index (κ2) is 5.96. The lowest BCUT2D eigenvalue weighted by Crippen LogP contribution is -2.10. The summed E-state index contributed by atoms with van der Waals surface area (Å²) in [6.07, 6.45) is 3.25. The van der Waals surface area contributed by atoms with E-state index in [4.69, 9.17) is 0 Å². The topological polar surface area (TPSA) is 37.3 Å². The average Bonchev–Trinajstić information content (AvgIpc) is 2.45. The number of carbonyl (C=O) groups is 1. The molecule has 2 aromatic rings. The predicted octanol–water partition coefficient (Wildman–Crippen LogP) is 4.59. The molecule has 2 heteroatoms. The van der Waals surface area contributed by atoms with Crippen molar-refractivity contribution in [1.82, 2.24) is 0 Å². The SMILES string of the molecule is CC(C)(C)c1ccc(/C=C/C(=O)c2ccccc2O)cc1. The normalized spacial score (nSPS) is 11.8. The number of allylic oxidation sites excluding steroid dienone is 1. The predicted molar refractivity (Wildman–Crippen MR) is 86.6 cm³/mol. The van der Waals surface area contributed by atoms with Crippen LogP contribution < -0.4 is 0 Å². The number of para-hydroxylation sites is 1. The molecule has 0 amide bonds. The highest BCUT2D eigenvalue weighted by molar-refractivity contribution is 6.08. The molecule has 2 nitrogen and oxygen atoms in total. The van der Waals surface area contributed by atoms with Crippen LogP contribution in [0.4, 0.5) is 0 Å². The maximum Gasteiger partial charge on any atom is 0.189 e. The highest BCUT2D eigenvalue weighted by atomic mass is 16.3. The third-order valence-corrected chi connectivity index (χ3v) is 3.37. The Bertz CT molecular complexity index is 659. The largest absolute Gasteiger partial charge is 0.507 e. The van der Waals surface area contributed by atoms with Crippen molar-refractivity contribution in [2.24, 2.45) is 0 Å². The monoisotopic (exact) mass is 280 g/mol. The van der Waals surface area contributed by atoms with Gasteiger partial charge in [0, 0.05) is 0 Å². The molecule has 0 atom stereocenters. The van der Waals surface area contributed by atoms with Gasteiger partial charge in [0.15, 0.2) is 5.78 Å². The smallest absolute Gasteiger partial charge is 0.189 e. The van der Waals surface area contributed by atoms with Crippen LogP contribution in [0.5, 0.6) is 5.75 Å². The Balaban J connectivity index is 2.15. The number of benzene rings is 2. The van der Waals surface area contributed by atoms with Crippen LogP contribution in [0, 0.1) is 0 Å². The third kappa shape index (κ3) is 3.82. The fraction of sp³-hybridized carbons (Fsp3) is 0.211. The van der Waals surface area contributed by atoms with Gasteiger partial charge in [-0.3, -0.25) is 4.79 Å². The Kier molecular flexibility index (Phi) is 4.27. The molecule has 0 aliphatic carbocycles. The highest BCUT2D eigenvalue weighted by Gasteiger charge is 2.12. The van der Waals surface area contributed by atoms with Gasteiger partial charge in [-0.25, -0.2) is 0 Å². The van der Waals surface area contributed by atoms with Gasteiger partial charge in [0.05, 0.1) is 5.56 Å². The summed E-state index contributed by atoms with van der Waals surface area (Å²) in [4.78, 5) is 12.0. The van der Waals surface area contributed by atoms with Crippen molar-refractivity contribution in [1.29, 1.82) is 0 Å². The van der Waals surface area contributed by atoms with E-state index in [0.717, 1.165) is 5.56 Å². The minimum absolute atomic E-state index is 0.00947. The summed E-state index contributed by atoms with van der Waals surface area (Å²) in [5.41, 5.74) is 2.66. The van der Waals surface area contributed by atoms with Crippen LogP contribution in [0.3, 0.4) is 0 Å². The minimum atomic E-state index is -0.201. The van der Waals surface area contributed by atoms with Crippen molar-refractivity contribution in [2.75, 3.05) is 0 Å². The van der Waals surface area contributed by atoms with Gasteiger partial charge in [-0.1, -0.05) is 63.2 Å². The van der Waals surface area contributed by atoms with Crippen LogP contribution in [0.25, 0.3) is 6.08 Å². The quantitative estimate of drug-likeness (QED) is 0.659. The number of hydrogen-bond acceptors (Lipinski definition) is 2. The van der Waals surface area contributed by atoms with E-state index in [1.807, 2.05) is 12.1 Å². The van der Waals surface area contributed by atoms with E-state index in [1.54, 1.807) is 24.3 Å². The van der Waals surface area contributed by atoms with Crippen molar-refractivity contribution in [3.8, 4) is 5.75 Å². The van der Waals surface area contributed by atoms with Crippen molar-refractivity contribution >= 4 is 11.9 Å². The molecule has 0 aromatic heterocycles. The summed E-state index contributed by atoms with van der Waals surface area (Å²) in [6.45, 7) is 6.50. The van der Waals surface area contributed by atoms with Gasteiger partial charge in [0.2, 0.25) is 0 Å². The fourth-order valence-electron chi connectivity index (χ4n) is 2.04. The lowest BCUT2D eigenvalue weighted by atomic mass is 9.87. The summed E-state index contributed by atoms with van der Waals surface area (Å²) in [5.74, 6) is -0.191. The molecule has 0 aliphatic heterocycles. The number of phenolic OH excluding ortho intramolecular Hbond substituents is 1. The second-order valence-electron chi connectivity index (χ2n) is 6.09. The zero-order valence-electron chi connectivity index (χ0n) is 12.6. The summed E-state index contributed by atoms with van der Waals surface area (Å²) in [6, 6.07) is 14.7. The zero-order chi connectivity index (χ0) is 15.5. The molecule has 21 heavy (non-hydrogen) atoms. The standard InChI is InChI=1S/C19H20O2/c1-19(2,3)15-11-8-14(9-12-15)10-13-18(21)16-6-4-5-7-17(16)20/h4-13,20H,1-3H3/b13-10+. The minimum Gasteiger partial charge on any atom is -0.507 e. The van der Waals surface area contributed by atoms with Crippen LogP contribution in [-0.2, 0) is 5.41 Å². The number of aromatic hydroxyl groups is 1. The Hall–Kier alpha value is -2.35. The molecule has 2 rings (SSSR count). The van der Waals surface area contributed by atoms with Crippen LogP contribution in [0.15, 0.2) is 54.6 Å². The molecule has 0 heterocycles. The van der Waals surface area contributed by atoms with Crippen LogP contribution in [0.1, 0.15) is 42.3 Å². The molecule has 0 saturated heterocycles. The molecule has 0 unspecified atom stereocenters. The van der Waals surface area contributed by atoms with E-state index < -0.39 is 0 Å². The van der Waals surface area contributed by atoms with E-state index in [9.17, 15) is 9.90 Å². The summed E-state index contributed by atoms with van der Waals surface area (Å²) < 4.78 is 0. The molecule has 1 N–H and O–H groups in total. The summed E-state index contributed by atoms with van der Waals surface area (Å²) >= 11 is 0. The first-order valence-electron chi connectivity index (χ1n) is 6.99. The van der Waals surface area contributed by atoms with E-state index in [0.29, 0.717) is 5.56 Å². The molecule has 0 saturated carbocycles. The highest BCUT2D eigenvalue weighted by Crippen LogP contribution is 2.22. The van der Waals surface area contributed by atoms with E-state index in [2.05, 4.69) is 32.9 Å². The molecule has 0 radical (unpaired) electrons. The molecular formula is C19H20O2. The number of ketones is 1. The first kappa shape index (κ1) is 15.0. The Labute approximate surface area is 125 Å². The summed E-state index contributed by atoms with van der Waals surface area (Å²) in [7, 11) is 0. The number of hydrogen-bond donors (Lipinski definition) is 1. The van der Waals surface area contributed by atoms with Crippen LogP contribution in [-0.4, -0.2) is 10.9 Å². The van der Waals surface area contributed by atoms with Crippen molar-refractivity contribution in [3.63, 3.8) is 0 Å². The van der Waals surface area contributed by atoms with Gasteiger partial charge >= 0.3 is 0 Å². The first-order valence-corrected chi connectivity index (χ1v) is 6.99. The number of rotatable bonds is 3. The van der Waals surface area contributed by atoms with Gasteiger partial charge in [-0.05, 0) is 34.8 Å². The molecule has 2 aromatic carbocycles. The van der Waals surface area contributed by atoms with Gasteiger partial charge in [-0.2, -0.15) is 0 Å². The number of phenols is 1. The molecule has 0 fully saturated rings. The van der Waals surface area contributed by atoms with E-state index >= 15 is 0 Å². The molecule has 108 valence electrons. The van der Waals surface area contributed by atoms with Crippen molar-refractivity contribution in [3.05, 3.63) is 71.3 Å². The number of carbonyl (C=O) groups excluding carboxylic acids is 1. The van der Waals surface area contributed by atoms with Crippen LogP contribution >= 0.6 is 0 Å². The Morgan fingerprint density at radius 2 is 1.62 bits per heavy atom. The lowest BCUT2D eigenvalue weighted by molar-refractivity contribution is 0.104.